The highest BCUT2D eigenvalue weighted by atomic mass is 19.1. The molecule has 3 aliphatic rings. The predicted octanol–water partition coefficient (Wildman–Crippen LogP) is 9.13. The summed E-state index contributed by atoms with van der Waals surface area (Å²) in [5.41, 5.74) is 6.40. The SMILES string of the molecule is COC(=O)NC(C(=O)N1CCCC1c1ccc(-c2ccc3oc(C4=CC=C(c5cnc(C6CCCN6C(=O)C(NC(=O)OC)c6ccccc6)[nH]5)C(C)C4F)cc3c2)[nH]1)c1ccccc1. The maximum atomic E-state index is 16.5. The minimum absolute atomic E-state index is 0.213. The van der Waals surface area contributed by atoms with Gasteiger partial charge in [-0.15, -0.1) is 0 Å². The van der Waals surface area contributed by atoms with Gasteiger partial charge in [0.05, 0.1) is 38.2 Å². The largest absolute Gasteiger partial charge is 0.456 e. The Morgan fingerprint density at radius 2 is 1.34 bits per heavy atom. The number of carbonyl (C=O) groups is 4. The first kappa shape index (κ1) is 42.9. The zero-order valence-corrected chi connectivity index (χ0v) is 36.3. The van der Waals surface area contributed by atoms with Gasteiger partial charge in [-0.25, -0.2) is 19.0 Å². The lowest BCUT2D eigenvalue weighted by Gasteiger charge is -2.29. The average Bonchev–Trinajstić information content (AvgIpc) is 4.20. The smallest absolute Gasteiger partial charge is 0.407 e. The Labute approximate surface area is 374 Å². The fraction of sp³-hybridized carbons (Fsp3) is 0.300. The summed E-state index contributed by atoms with van der Waals surface area (Å²) in [6.07, 6.45) is 5.57. The van der Waals surface area contributed by atoms with E-state index in [2.05, 4.69) is 25.6 Å². The van der Waals surface area contributed by atoms with Gasteiger partial charge in [0.2, 0.25) is 5.91 Å². The van der Waals surface area contributed by atoms with Gasteiger partial charge in [-0.3, -0.25) is 9.59 Å². The Balaban J connectivity index is 0.910. The molecule has 2 saturated heterocycles. The fourth-order valence-electron chi connectivity index (χ4n) is 9.40. The minimum Gasteiger partial charge on any atom is -0.456 e. The van der Waals surface area contributed by atoms with Crippen LogP contribution in [0.25, 0.3) is 33.4 Å². The van der Waals surface area contributed by atoms with Crippen LogP contribution in [0, 0.1) is 5.92 Å². The van der Waals surface area contributed by atoms with Crippen molar-refractivity contribution in [3.8, 4) is 11.3 Å². The van der Waals surface area contributed by atoms with E-state index in [1.54, 1.807) is 29.3 Å². The van der Waals surface area contributed by atoms with Crippen LogP contribution in [0.1, 0.15) is 90.9 Å². The molecule has 2 fully saturated rings. The molecule has 3 aromatic heterocycles. The van der Waals surface area contributed by atoms with Gasteiger partial charge < -0.3 is 44.3 Å². The van der Waals surface area contributed by atoms with Gasteiger partial charge in [0.15, 0.2) is 0 Å². The highest BCUT2D eigenvalue weighted by molar-refractivity contribution is 5.90. The number of amides is 4. The van der Waals surface area contributed by atoms with Crippen molar-refractivity contribution in [1.29, 1.82) is 0 Å². The first-order valence-corrected chi connectivity index (χ1v) is 21.9. The number of imidazole rings is 1. The normalized spacial score (nSPS) is 20.5. The Hall–Kier alpha value is -7.42. The molecular formula is C50H50FN7O7. The van der Waals surface area contributed by atoms with Crippen molar-refractivity contribution in [3.05, 3.63) is 150 Å². The number of rotatable bonds is 11. The summed E-state index contributed by atoms with van der Waals surface area (Å²) in [7, 11) is 2.53. The van der Waals surface area contributed by atoms with Gasteiger partial charge in [-0.2, -0.15) is 0 Å². The molecule has 2 aliphatic heterocycles. The van der Waals surface area contributed by atoms with Gasteiger partial charge >= 0.3 is 12.2 Å². The summed E-state index contributed by atoms with van der Waals surface area (Å²) in [5, 5.41) is 6.22. The molecule has 6 atom stereocenters. The van der Waals surface area contributed by atoms with Crippen molar-refractivity contribution in [2.75, 3.05) is 27.3 Å². The Bertz CT molecular complexity index is 2780. The summed E-state index contributed by atoms with van der Waals surface area (Å²) < 4.78 is 32.4. The number of H-pyrrole nitrogens is 2. The van der Waals surface area contributed by atoms with Crippen molar-refractivity contribution >= 4 is 46.1 Å². The number of hydrogen-bond acceptors (Lipinski definition) is 8. The third-order valence-electron chi connectivity index (χ3n) is 12.8. The molecule has 0 radical (unpaired) electrons. The number of methoxy groups -OCH3 is 2. The van der Waals surface area contributed by atoms with Crippen LogP contribution < -0.4 is 10.6 Å². The molecule has 9 rings (SSSR count). The summed E-state index contributed by atoms with van der Waals surface area (Å²) in [4.78, 5) is 67.7. The monoisotopic (exact) mass is 879 g/mol. The van der Waals surface area contributed by atoms with Crippen LogP contribution in [0.4, 0.5) is 14.0 Å². The Kier molecular flexibility index (Phi) is 12.1. The number of nitrogens with zero attached hydrogens (tertiary/aromatic N) is 3. The summed E-state index contributed by atoms with van der Waals surface area (Å²) in [6.45, 7) is 2.87. The highest BCUT2D eigenvalue weighted by Crippen LogP contribution is 2.42. The van der Waals surface area contributed by atoms with Crippen molar-refractivity contribution in [3.63, 3.8) is 0 Å². The lowest BCUT2D eigenvalue weighted by Crippen LogP contribution is -2.42. The molecule has 4 amide bonds. The van der Waals surface area contributed by atoms with Crippen LogP contribution in [-0.4, -0.2) is 82.2 Å². The van der Waals surface area contributed by atoms with Gasteiger partial charge in [-0.05, 0) is 84.3 Å². The number of nitrogens with one attached hydrogen (secondary N) is 4. The number of allylic oxidation sites excluding steroid dienone is 4. The van der Waals surface area contributed by atoms with Crippen LogP contribution in [-0.2, 0) is 19.1 Å². The van der Waals surface area contributed by atoms with Crippen molar-refractivity contribution in [2.24, 2.45) is 5.92 Å². The fourth-order valence-corrected chi connectivity index (χ4v) is 9.40. The molecule has 5 heterocycles. The van der Waals surface area contributed by atoms with E-state index in [-0.39, 0.29) is 23.9 Å². The second kappa shape index (κ2) is 18.4. The number of aromatic amines is 2. The number of carbonyl (C=O) groups excluding carboxylic acids is 4. The molecule has 4 N–H and O–H groups in total. The van der Waals surface area contributed by atoms with Crippen LogP contribution in [0.2, 0.25) is 0 Å². The van der Waals surface area contributed by atoms with Gasteiger partial charge in [0.25, 0.3) is 5.91 Å². The molecule has 0 saturated carbocycles. The zero-order chi connectivity index (χ0) is 45.2. The molecule has 3 aromatic carbocycles. The Morgan fingerprint density at radius 3 is 1.97 bits per heavy atom. The van der Waals surface area contributed by atoms with Gasteiger partial charge in [-0.1, -0.05) is 79.7 Å². The molecular weight excluding hydrogens is 830 g/mol. The van der Waals surface area contributed by atoms with Gasteiger partial charge in [0, 0.05) is 41.4 Å². The second-order valence-electron chi connectivity index (χ2n) is 16.6. The van der Waals surface area contributed by atoms with E-state index in [1.807, 2.05) is 103 Å². The number of fused-ring (bicyclic) bond motifs is 1. The third kappa shape index (κ3) is 8.53. The van der Waals surface area contributed by atoms with Crippen LogP contribution >= 0.6 is 0 Å². The van der Waals surface area contributed by atoms with Crippen molar-refractivity contribution < 1.29 is 37.5 Å². The van der Waals surface area contributed by atoms with E-state index in [9.17, 15) is 19.2 Å². The molecule has 15 heteroatoms. The molecule has 0 spiro atoms. The number of ether oxygens (including phenoxy) is 2. The van der Waals surface area contributed by atoms with Crippen LogP contribution in [0.3, 0.4) is 0 Å². The summed E-state index contributed by atoms with van der Waals surface area (Å²) in [6, 6.07) is 27.4. The van der Waals surface area contributed by atoms with E-state index in [0.29, 0.717) is 59.1 Å². The first-order valence-electron chi connectivity index (χ1n) is 21.9. The second-order valence-corrected chi connectivity index (χ2v) is 16.6. The minimum atomic E-state index is -1.38. The third-order valence-corrected chi connectivity index (χ3v) is 12.8. The van der Waals surface area contributed by atoms with E-state index >= 15 is 4.39 Å². The molecule has 1 aliphatic carbocycles. The lowest BCUT2D eigenvalue weighted by atomic mass is 9.84. The predicted molar refractivity (Wildman–Crippen MR) is 241 cm³/mol. The van der Waals surface area contributed by atoms with E-state index in [1.165, 1.54) is 14.2 Å². The summed E-state index contributed by atoms with van der Waals surface area (Å²) >= 11 is 0. The van der Waals surface area contributed by atoms with Crippen LogP contribution in [0.5, 0.6) is 0 Å². The highest BCUT2D eigenvalue weighted by Gasteiger charge is 2.39. The standard InChI is InChI=1S/C50H50FN7O7/c1-29-34(38-28-52-46(54-38)40-17-11-25-58(40)48(60)45(56-50(62)64-3)31-14-8-5-9-15-31)19-20-35(43(29)51)42-27-33-26-32(18-23-41(33)65-42)36-21-22-37(53-36)39-16-10-24-57(39)47(59)44(55-49(61)63-2)30-12-6-4-7-13-30/h4-9,12-15,18-23,26-29,39-40,43-45,53H,10-11,16-17,24-25H2,1-3H3,(H,52,54)(H,55,61)(H,56,62). The Morgan fingerprint density at radius 1 is 0.738 bits per heavy atom. The summed E-state index contributed by atoms with van der Waals surface area (Å²) in [5.74, 6) is 0.00366. The van der Waals surface area contributed by atoms with Gasteiger partial charge in [0.1, 0.15) is 35.4 Å². The zero-order valence-electron chi connectivity index (χ0n) is 36.3. The maximum Gasteiger partial charge on any atom is 0.407 e. The topological polar surface area (TPSA) is 175 Å². The number of alkyl carbamates (subject to hydrolysis) is 2. The molecule has 334 valence electrons. The van der Waals surface area contributed by atoms with E-state index < -0.39 is 36.4 Å². The molecule has 65 heavy (non-hydrogen) atoms. The average molecular weight is 880 g/mol. The molecule has 6 aromatic rings. The number of aromatic nitrogens is 3. The maximum absolute atomic E-state index is 16.5. The molecule has 14 nitrogen and oxygen atoms in total. The molecule has 0 bridgehead atoms. The first-order chi connectivity index (χ1) is 31.6. The quantitative estimate of drug-likeness (QED) is 0.0997. The van der Waals surface area contributed by atoms with E-state index in [4.69, 9.17) is 13.9 Å². The molecule has 6 unspecified atom stereocenters. The van der Waals surface area contributed by atoms with E-state index in [0.717, 1.165) is 47.2 Å². The van der Waals surface area contributed by atoms with Crippen molar-refractivity contribution in [2.45, 2.75) is 62.9 Å². The number of benzene rings is 3. The van der Waals surface area contributed by atoms with Crippen molar-refractivity contribution in [1.82, 2.24) is 35.4 Å². The number of halogens is 1. The number of furan rings is 1. The van der Waals surface area contributed by atoms with Crippen LogP contribution in [0.15, 0.2) is 120 Å². The number of hydrogen-bond donors (Lipinski definition) is 4. The number of likely N-dealkylation sites (tertiary alicyclic amines) is 2. The lowest BCUT2D eigenvalue weighted by molar-refractivity contribution is -0.135. The number of alkyl halides is 1.